The standard InChI is InChI=1S/C15H11Cl2N3O/c16-9-11-8-12(17)6-7-14(11)21-15-18-10-20(19-15)13-4-2-1-3-5-13/h1-8,10H,9H2. The van der Waals surface area contributed by atoms with Crippen molar-refractivity contribution in [3.63, 3.8) is 0 Å². The molecule has 0 unspecified atom stereocenters. The van der Waals surface area contributed by atoms with Gasteiger partial charge in [-0.3, -0.25) is 0 Å². The third-order valence-electron chi connectivity index (χ3n) is 2.86. The summed E-state index contributed by atoms with van der Waals surface area (Å²) in [6.45, 7) is 0. The summed E-state index contributed by atoms with van der Waals surface area (Å²) in [7, 11) is 0. The molecule has 0 radical (unpaired) electrons. The average molecular weight is 320 g/mol. The van der Waals surface area contributed by atoms with E-state index in [9.17, 15) is 0 Å². The summed E-state index contributed by atoms with van der Waals surface area (Å²) in [5.74, 6) is 0.898. The first-order valence-electron chi connectivity index (χ1n) is 6.25. The molecule has 0 saturated heterocycles. The second-order valence-electron chi connectivity index (χ2n) is 4.29. The predicted octanol–water partition coefficient (Wildman–Crippen LogP) is 4.45. The first-order valence-corrected chi connectivity index (χ1v) is 7.17. The van der Waals surface area contributed by atoms with E-state index < -0.39 is 0 Å². The summed E-state index contributed by atoms with van der Waals surface area (Å²) in [6.07, 6.45) is 1.60. The number of aromatic nitrogens is 3. The fraction of sp³-hybridized carbons (Fsp3) is 0.0667. The van der Waals surface area contributed by atoms with Crippen molar-refractivity contribution in [1.82, 2.24) is 14.8 Å². The van der Waals surface area contributed by atoms with Crippen LogP contribution in [-0.4, -0.2) is 14.8 Å². The molecule has 0 N–H and O–H groups in total. The Kier molecular flexibility index (Phi) is 4.08. The molecule has 1 heterocycles. The fourth-order valence-corrected chi connectivity index (χ4v) is 2.25. The monoisotopic (exact) mass is 319 g/mol. The van der Waals surface area contributed by atoms with Gasteiger partial charge in [-0.2, -0.15) is 4.98 Å². The van der Waals surface area contributed by atoms with Crippen LogP contribution in [0.3, 0.4) is 0 Å². The van der Waals surface area contributed by atoms with Gasteiger partial charge in [0.25, 0.3) is 0 Å². The van der Waals surface area contributed by atoms with E-state index in [1.54, 1.807) is 29.2 Å². The lowest BCUT2D eigenvalue weighted by molar-refractivity contribution is 0.438. The second-order valence-corrected chi connectivity index (χ2v) is 5.00. The molecule has 6 heteroatoms. The zero-order valence-corrected chi connectivity index (χ0v) is 12.4. The number of halogens is 2. The molecule has 0 spiro atoms. The van der Waals surface area contributed by atoms with E-state index in [0.29, 0.717) is 16.7 Å². The summed E-state index contributed by atoms with van der Waals surface area (Å²) in [4.78, 5) is 4.14. The van der Waals surface area contributed by atoms with Gasteiger partial charge < -0.3 is 4.74 Å². The molecule has 21 heavy (non-hydrogen) atoms. The van der Waals surface area contributed by atoms with Crippen LogP contribution in [0.15, 0.2) is 54.9 Å². The molecule has 4 nitrogen and oxygen atoms in total. The van der Waals surface area contributed by atoms with Crippen molar-refractivity contribution >= 4 is 23.2 Å². The lowest BCUT2D eigenvalue weighted by atomic mass is 10.2. The van der Waals surface area contributed by atoms with Crippen LogP contribution in [0.5, 0.6) is 11.8 Å². The first kappa shape index (κ1) is 13.9. The van der Waals surface area contributed by atoms with Crippen molar-refractivity contribution in [2.45, 2.75) is 5.88 Å². The average Bonchev–Trinajstić information content (AvgIpc) is 2.98. The van der Waals surface area contributed by atoms with E-state index in [0.717, 1.165) is 11.3 Å². The molecule has 106 valence electrons. The lowest BCUT2D eigenvalue weighted by Crippen LogP contribution is -1.95. The minimum Gasteiger partial charge on any atom is -0.423 e. The van der Waals surface area contributed by atoms with Gasteiger partial charge >= 0.3 is 6.01 Å². The Labute approximate surface area is 131 Å². The van der Waals surface area contributed by atoms with Crippen molar-refractivity contribution < 1.29 is 4.74 Å². The minimum absolute atomic E-state index is 0.257. The normalized spacial score (nSPS) is 10.6. The Morgan fingerprint density at radius 3 is 2.67 bits per heavy atom. The fourth-order valence-electron chi connectivity index (χ4n) is 1.85. The molecule has 0 fully saturated rings. The van der Waals surface area contributed by atoms with Crippen LogP contribution in [-0.2, 0) is 5.88 Å². The summed E-state index contributed by atoms with van der Waals surface area (Å²) in [5.41, 5.74) is 1.70. The summed E-state index contributed by atoms with van der Waals surface area (Å²) < 4.78 is 7.32. The van der Waals surface area contributed by atoms with Gasteiger partial charge in [-0.25, -0.2) is 4.68 Å². The van der Waals surface area contributed by atoms with Gasteiger partial charge in [0.05, 0.1) is 11.6 Å². The molecule has 3 rings (SSSR count). The molecule has 0 saturated carbocycles. The van der Waals surface area contributed by atoms with Crippen molar-refractivity contribution in [3.8, 4) is 17.4 Å². The SMILES string of the molecule is ClCc1cc(Cl)ccc1Oc1ncn(-c2ccccc2)n1. The van der Waals surface area contributed by atoms with Crippen LogP contribution < -0.4 is 4.74 Å². The number of para-hydroxylation sites is 1. The van der Waals surface area contributed by atoms with Gasteiger partial charge in [0, 0.05) is 10.6 Å². The third-order valence-corrected chi connectivity index (χ3v) is 3.38. The van der Waals surface area contributed by atoms with E-state index in [4.69, 9.17) is 27.9 Å². The first-order chi connectivity index (χ1) is 10.3. The maximum atomic E-state index is 5.93. The van der Waals surface area contributed by atoms with Crippen molar-refractivity contribution in [3.05, 3.63) is 65.4 Å². The number of alkyl halides is 1. The summed E-state index contributed by atoms with van der Waals surface area (Å²) >= 11 is 11.8. The third kappa shape index (κ3) is 3.17. The molecule has 3 aromatic rings. The molecule has 0 aliphatic rings. The van der Waals surface area contributed by atoms with Gasteiger partial charge in [-0.05, 0) is 30.3 Å². The van der Waals surface area contributed by atoms with E-state index in [1.807, 2.05) is 30.3 Å². The van der Waals surface area contributed by atoms with Gasteiger partial charge in [0.2, 0.25) is 0 Å². The second kappa shape index (κ2) is 6.16. The van der Waals surface area contributed by atoms with Gasteiger partial charge in [0.1, 0.15) is 12.1 Å². The molecule has 2 aromatic carbocycles. The maximum absolute atomic E-state index is 5.93. The van der Waals surface area contributed by atoms with E-state index in [1.165, 1.54) is 0 Å². The minimum atomic E-state index is 0.257. The van der Waals surface area contributed by atoms with Crippen LogP contribution in [0, 0.1) is 0 Å². The maximum Gasteiger partial charge on any atom is 0.341 e. The molecule has 0 aliphatic heterocycles. The number of hydrogen-bond acceptors (Lipinski definition) is 3. The van der Waals surface area contributed by atoms with Crippen molar-refractivity contribution in [2.75, 3.05) is 0 Å². The zero-order valence-electron chi connectivity index (χ0n) is 10.9. The van der Waals surface area contributed by atoms with E-state index in [-0.39, 0.29) is 6.01 Å². The van der Waals surface area contributed by atoms with Crippen LogP contribution in [0.25, 0.3) is 5.69 Å². The van der Waals surface area contributed by atoms with Gasteiger partial charge in [-0.15, -0.1) is 16.7 Å². The lowest BCUT2D eigenvalue weighted by Gasteiger charge is -2.06. The smallest absolute Gasteiger partial charge is 0.341 e. The Morgan fingerprint density at radius 2 is 1.90 bits per heavy atom. The number of nitrogens with zero attached hydrogens (tertiary/aromatic N) is 3. The molecule has 0 bridgehead atoms. The van der Waals surface area contributed by atoms with E-state index in [2.05, 4.69) is 10.1 Å². The number of benzene rings is 2. The highest BCUT2D eigenvalue weighted by Crippen LogP contribution is 2.27. The quantitative estimate of drug-likeness (QED) is 0.667. The van der Waals surface area contributed by atoms with Gasteiger partial charge in [0.15, 0.2) is 0 Å². The van der Waals surface area contributed by atoms with Crippen LogP contribution >= 0.6 is 23.2 Å². The summed E-state index contributed by atoms with van der Waals surface area (Å²) in [5, 5.41) is 4.89. The molecule has 0 aliphatic carbocycles. The largest absolute Gasteiger partial charge is 0.423 e. The number of rotatable bonds is 4. The highest BCUT2D eigenvalue weighted by atomic mass is 35.5. The van der Waals surface area contributed by atoms with Crippen LogP contribution in [0.2, 0.25) is 5.02 Å². The van der Waals surface area contributed by atoms with Crippen LogP contribution in [0.1, 0.15) is 5.56 Å². The zero-order chi connectivity index (χ0) is 14.7. The van der Waals surface area contributed by atoms with Crippen LogP contribution in [0.4, 0.5) is 0 Å². The summed E-state index contributed by atoms with van der Waals surface area (Å²) in [6, 6.07) is 15.2. The van der Waals surface area contributed by atoms with E-state index >= 15 is 0 Å². The van der Waals surface area contributed by atoms with Crippen molar-refractivity contribution in [2.24, 2.45) is 0 Å². The molecule has 1 aromatic heterocycles. The number of ether oxygens (including phenoxy) is 1. The predicted molar refractivity (Wildman–Crippen MR) is 82.4 cm³/mol. The highest BCUT2D eigenvalue weighted by molar-refractivity contribution is 6.30. The Balaban J connectivity index is 1.85. The Morgan fingerprint density at radius 1 is 1.10 bits per heavy atom. The molecular formula is C15H11Cl2N3O. The Hall–Kier alpha value is -2.04. The highest BCUT2D eigenvalue weighted by Gasteiger charge is 2.09. The molecule has 0 amide bonds. The molecule has 0 atom stereocenters. The van der Waals surface area contributed by atoms with Gasteiger partial charge in [-0.1, -0.05) is 29.8 Å². The Bertz CT molecular complexity index is 744. The number of hydrogen-bond donors (Lipinski definition) is 0. The molecular weight excluding hydrogens is 309 g/mol. The van der Waals surface area contributed by atoms with Crippen molar-refractivity contribution in [1.29, 1.82) is 0 Å². The topological polar surface area (TPSA) is 39.9 Å².